The average Bonchev–Trinajstić information content (AvgIpc) is 3.37. The van der Waals surface area contributed by atoms with E-state index >= 15 is 0 Å². The molecule has 0 fully saturated rings. The Balaban J connectivity index is 0.0000144. The minimum Gasteiger partial charge on any atom is -1.00 e. The molecule has 0 saturated heterocycles. The number of nitrogens with one attached hydrogen (secondary N) is 1. The van der Waals surface area contributed by atoms with Gasteiger partial charge in [-0.1, -0.05) is 102 Å². The largest absolute Gasteiger partial charge is 1.00 e. The molecule has 5 nitrogen and oxygen atoms in total. The molecule has 39 heavy (non-hydrogen) atoms. The first kappa shape index (κ1) is 36.8. The lowest BCUT2D eigenvalue weighted by atomic mass is 10.1. The number of nitriles is 1. The van der Waals surface area contributed by atoms with Crippen LogP contribution in [0, 0.1) is 35.0 Å². The molecule has 6 heteroatoms. The van der Waals surface area contributed by atoms with Gasteiger partial charge in [0.2, 0.25) is 12.2 Å². The van der Waals surface area contributed by atoms with Gasteiger partial charge in [-0.15, -0.1) is 0 Å². The van der Waals surface area contributed by atoms with Crippen LogP contribution in [0.1, 0.15) is 135 Å². The summed E-state index contributed by atoms with van der Waals surface area (Å²) in [5, 5.41) is 11.7. The van der Waals surface area contributed by atoms with Gasteiger partial charge in [-0.3, -0.25) is 4.79 Å². The van der Waals surface area contributed by atoms with Crippen LogP contribution in [0.25, 0.3) is 0 Å². The minimum atomic E-state index is 0. The predicted octanol–water partition coefficient (Wildman–Crippen LogP) is 4.25. The highest BCUT2D eigenvalue weighted by Crippen LogP contribution is 2.11. The van der Waals surface area contributed by atoms with Gasteiger partial charge in [0.05, 0.1) is 6.54 Å². The first-order valence-corrected chi connectivity index (χ1v) is 15.4. The highest BCUT2D eigenvalue weighted by atomic mass is 79.9. The van der Waals surface area contributed by atoms with E-state index in [4.69, 9.17) is 5.26 Å². The summed E-state index contributed by atoms with van der Waals surface area (Å²) in [6.07, 6.45) is 29.7. The van der Waals surface area contributed by atoms with E-state index in [-0.39, 0.29) is 22.9 Å². The van der Waals surface area contributed by atoms with Crippen molar-refractivity contribution in [3.8, 4) is 29.8 Å². The van der Waals surface area contributed by atoms with E-state index in [0.717, 1.165) is 45.1 Å². The second-order valence-electron chi connectivity index (χ2n) is 10.3. The first-order valence-electron chi connectivity index (χ1n) is 15.4. The number of halogens is 1. The molecule has 1 rings (SSSR count). The lowest BCUT2D eigenvalue weighted by Crippen LogP contribution is -3.00. The van der Waals surface area contributed by atoms with Crippen LogP contribution in [0.4, 0.5) is 0 Å². The third kappa shape index (κ3) is 24.5. The zero-order valence-electron chi connectivity index (χ0n) is 24.6. The maximum absolute atomic E-state index is 12.0. The van der Waals surface area contributed by atoms with Crippen LogP contribution in [0.2, 0.25) is 0 Å². The molecule has 1 aromatic rings. The number of hydrogen-bond donors (Lipinski definition) is 1. The van der Waals surface area contributed by atoms with Crippen molar-refractivity contribution in [2.75, 3.05) is 6.54 Å². The molecule has 1 aromatic heterocycles. The van der Waals surface area contributed by atoms with E-state index in [9.17, 15) is 4.79 Å². The molecule has 0 atom stereocenters. The number of hydrogen-bond acceptors (Lipinski definition) is 2. The van der Waals surface area contributed by atoms with Crippen molar-refractivity contribution < 1.29 is 26.3 Å². The molecule has 1 N–H and O–H groups in total. The summed E-state index contributed by atoms with van der Waals surface area (Å²) in [5.41, 5.74) is 0. The molecule has 1 heterocycles. The Morgan fingerprint density at radius 2 is 1.33 bits per heavy atom. The molecule has 0 aliphatic carbocycles. The number of nitrogens with zero attached hydrogens (tertiary/aromatic N) is 3. The number of rotatable bonds is 23. The number of imidazole rings is 1. The maximum Gasteiger partial charge on any atom is 0.244 e. The quantitative estimate of drug-likeness (QED) is 0.116. The molecule has 0 aliphatic rings. The zero-order chi connectivity index (χ0) is 27.4. The zero-order valence-corrected chi connectivity index (χ0v) is 26.2. The molecule has 0 saturated carbocycles. The van der Waals surface area contributed by atoms with Crippen LogP contribution in [0.3, 0.4) is 0 Å². The molecule has 218 valence electrons. The Bertz CT molecular complexity index is 881. The standard InChI is InChI=1S/C33H52N4O.BrH/c1-2-3-4-5-6-7-8-9-10-11-12-13-14-15-16-17-18-19-20-21-22-23-25-33(38)35-27-24-28-36-30-31-37(32-36)29-26-34;/h30-32H,2-12,17-25,27-29H2,1H3;1H. The van der Waals surface area contributed by atoms with Gasteiger partial charge in [0.15, 0.2) is 6.54 Å². The van der Waals surface area contributed by atoms with E-state index in [1.807, 2.05) is 27.9 Å². The van der Waals surface area contributed by atoms with Crippen LogP contribution in [0.15, 0.2) is 18.7 Å². The molecule has 0 aliphatic heterocycles. The summed E-state index contributed by atoms with van der Waals surface area (Å²) in [7, 11) is 0. The molecular formula is C33H53BrN4O. The fraction of sp³-hybridized carbons (Fsp3) is 0.727. The lowest BCUT2D eigenvalue weighted by molar-refractivity contribution is -0.684. The van der Waals surface area contributed by atoms with Gasteiger partial charge in [0, 0.05) is 32.2 Å². The molecule has 0 radical (unpaired) electrons. The van der Waals surface area contributed by atoms with Crippen LogP contribution < -0.4 is 26.9 Å². The third-order valence-electron chi connectivity index (χ3n) is 6.77. The van der Waals surface area contributed by atoms with Crippen molar-refractivity contribution in [3.05, 3.63) is 18.7 Å². The Kier molecular flexibility index (Phi) is 27.1. The molecule has 0 spiro atoms. The van der Waals surface area contributed by atoms with E-state index in [1.54, 1.807) is 0 Å². The Labute approximate surface area is 250 Å². The van der Waals surface area contributed by atoms with Crippen LogP contribution in [-0.4, -0.2) is 17.0 Å². The van der Waals surface area contributed by atoms with Gasteiger partial charge in [-0.05, 0) is 31.1 Å². The maximum atomic E-state index is 12.0. The van der Waals surface area contributed by atoms with Crippen molar-refractivity contribution in [1.29, 1.82) is 5.26 Å². The third-order valence-corrected chi connectivity index (χ3v) is 6.77. The summed E-state index contributed by atoms with van der Waals surface area (Å²) in [6, 6.07) is 2.12. The van der Waals surface area contributed by atoms with Gasteiger partial charge in [0.25, 0.3) is 0 Å². The average molecular weight is 602 g/mol. The number of carbonyl (C=O) groups is 1. The lowest BCUT2D eigenvalue weighted by Gasteiger charge is -2.04. The van der Waals surface area contributed by atoms with Gasteiger partial charge in [-0.25, -0.2) is 9.13 Å². The molecule has 0 unspecified atom stereocenters. The Hall–Kier alpha value is -2.23. The fourth-order valence-corrected chi connectivity index (χ4v) is 4.44. The SMILES string of the molecule is CCCCCCCCCCCCC#CC#CCCCCCCCCC(=O)NCCCn1cc[n+](CC#N)c1.[Br-]. The summed E-state index contributed by atoms with van der Waals surface area (Å²) >= 11 is 0. The van der Waals surface area contributed by atoms with E-state index in [0.29, 0.717) is 19.5 Å². The van der Waals surface area contributed by atoms with E-state index in [2.05, 4.69) is 42.0 Å². The van der Waals surface area contributed by atoms with Gasteiger partial charge in [-0.2, -0.15) is 5.26 Å². The minimum absolute atomic E-state index is 0. The summed E-state index contributed by atoms with van der Waals surface area (Å²) in [5.74, 6) is 12.6. The van der Waals surface area contributed by atoms with Gasteiger partial charge >= 0.3 is 0 Å². The van der Waals surface area contributed by atoms with Crippen LogP contribution >= 0.6 is 0 Å². The Morgan fingerprint density at radius 3 is 1.90 bits per heavy atom. The van der Waals surface area contributed by atoms with Crippen LogP contribution in [0.5, 0.6) is 0 Å². The first-order chi connectivity index (χ1) is 18.8. The van der Waals surface area contributed by atoms with E-state index in [1.165, 1.54) is 83.5 Å². The van der Waals surface area contributed by atoms with Crippen LogP contribution in [-0.2, 0) is 17.9 Å². The second-order valence-corrected chi connectivity index (χ2v) is 10.3. The van der Waals surface area contributed by atoms with Gasteiger partial charge in [0.1, 0.15) is 18.5 Å². The highest BCUT2D eigenvalue weighted by Gasteiger charge is 2.04. The number of unbranched alkanes of at least 4 members (excludes halogenated alkanes) is 16. The number of aryl methyl sites for hydroxylation is 1. The smallest absolute Gasteiger partial charge is 0.244 e. The number of aromatic nitrogens is 2. The molecule has 1 amide bonds. The summed E-state index contributed by atoms with van der Waals surface area (Å²) in [4.78, 5) is 12.0. The monoisotopic (exact) mass is 600 g/mol. The van der Waals surface area contributed by atoms with E-state index < -0.39 is 0 Å². The van der Waals surface area contributed by atoms with Crippen molar-refractivity contribution in [3.63, 3.8) is 0 Å². The van der Waals surface area contributed by atoms with Gasteiger partial charge < -0.3 is 22.3 Å². The number of carbonyl (C=O) groups excluding carboxylic acids is 1. The van der Waals surface area contributed by atoms with Crippen molar-refractivity contribution in [1.82, 2.24) is 9.88 Å². The second kappa shape index (κ2) is 28.8. The predicted molar refractivity (Wildman–Crippen MR) is 157 cm³/mol. The summed E-state index contributed by atoms with van der Waals surface area (Å²) in [6.45, 7) is 4.18. The fourth-order valence-electron chi connectivity index (χ4n) is 4.44. The van der Waals surface area contributed by atoms with Crippen molar-refractivity contribution in [2.45, 2.75) is 148 Å². The normalized spacial score (nSPS) is 9.95. The highest BCUT2D eigenvalue weighted by molar-refractivity contribution is 5.75. The topological polar surface area (TPSA) is 61.7 Å². The Morgan fingerprint density at radius 1 is 0.795 bits per heavy atom. The molecular weight excluding hydrogens is 548 g/mol. The summed E-state index contributed by atoms with van der Waals surface area (Å²) < 4.78 is 3.89. The van der Waals surface area contributed by atoms with Crippen molar-refractivity contribution >= 4 is 5.91 Å². The number of amides is 1. The molecule has 0 bridgehead atoms. The molecule has 0 aromatic carbocycles. The van der Waals surface area contributed by atoms with Crippen molar-refractivity contribution in [2.24, 2.45) is 0 Å².